The molecule has 3 rings (SSSR count). The molecule has 0 saturated carbocycles. The Labute approximate surface area is 209 Å². The van der Waals surface area contributed by atoms with Crippen LogP contribution in [0, 0.1) is 0 Å². The van der Waals surface area contributed by atoms with Crippen molar-refractivity contribution in [2.75, 3.05) is 12.3 Å². The summed E-state index contributed by atoms with van der Waals surface area (Å²) in [7, 11) is 0. The highest BCUT2D eigenvalue weighted by Gasteiger charge is 2.33. The Hall–Kier alpha value is -2.90. The second kappa shape index (κ2) is 12.0. The Morgan fingerprint density at radius 2 is 1.35 bits per heavy atom. The SMILES string of the molecule is NCCCC(N)C(=O)N(Cc1cc(Cl)c(N)c(Cl)c1)C(=O)C(c1ccccc1)c1ccccc1. The maximum atomic E-state index is 14.0. The van der Waals surface area contributed by atoms with Crippen LogP contribution in [0.1, 0.15) is 35.4 Å². The molecule has 3 aromatic rings. The van der Waals surface area contributed by atoms with E-state index in [1.165, 1.54) is 4.90 Å². The molecule has 0 saturated heterocycles. The van der Waals surface area contributed by atoms with E-state index in [1.54, 1.807) is 12.1 Å². The lowest BCUT2D eigenvalue weighted by Crippen LogP contribution is -2.48. The predicted octanol–water partition coefficient (Wildman–Crippen LogP) is 4.33. The van der Waals surface area contributed by atoms with Crippen LogP contribution in [-0.4, -0.2) is 29.3 Å². The lowest BCUT2D eigenvalue weighted by atomic mass is 9.89. The quantitative estimate of drug-likeness (QED) is 0.379. The van der Waals surface area contributed by atoms with E-state index >= 15 is 0 Å². The predicted molar refractivity (Wildman–Crippen MR) is 137 cm³/mol. The fourth-order valence-corrected chi connectivity index (χ4v) is 4.29. The van der Waals surface area contributed by atoms with E-state index in [1.807, 2.05) is 60.7 Å². The number of halogens is 2. The fourth-order valence-electron chi connectivity index (χ4n) is 3.76. The Kier molecular flexibility index (Phi) is 9.07. The van der Waals surface area contributed by atoms with Gasteiger partial charge in [-0.1, -0.05) is 83.9 Å². The summed E-state index contributed by atoms with van der Waals surface area (Å²) in [5.41, 5.74) is 20.0. The summed E-state index contributed by atoms with van der Waals surface area (Å²) in [6, 6.07) is 21.0. The Balaban J connectivity index is 2.05. The highest BCUT2D eigenvalue weighted by atomic mass is 35.5. The number of imide groups is 1. The van der Waals surface area contributed by atoms with E-state index in [4.69, 9.17) is 40.4 Å². The molecule has 0 heterocycles. The van der Waals surface area contributed by atoms with Crippen LogP contribution in [0.5, 0.6) is 0 Å². The first kappa shape index (κ1) is 25.7. The molecule has 6 nitrogen and oxygen atoms in total. The highest BCUT2D eigenvalue weighted by molar-refractivity contribution is 6.38. The number of rotatable bonds is 9. The minimum absolute atomic E-state index is 0.0517. The Bertz CT molecular complexity index is 1060. The van der Waals surface area contributed by atoms with Crippen molar-refractivity contribution in [3.63, 3.8) is 0 Å². The van der Waals surface area contributed by atoms with Gasteiger partial charge in [0.05, 0.1) is 34.2 Å². The zero-order chi connectivity index (χ0) is 24.7. The first-order valence-corrected chi connectivity index (χ1v) is 11.7. The van der Waals surface area contributed by atoms with Crippen LogP contribution in [0.15, 0.2) is 72.8 Å². The van der Waals surface area contributed by atoms with Gasteiger partial charge in [-0.15, -0.1) is 0 Å². The van der Waals surface area contributed by atoms with Crippen LogP contribution < -0.4 is 17.2 Å². The molecule has 3 aromatic carbocycles. The van der Waals surface area contributed by atoms with Gasteiger partial charge in [0.25, 0.3) is 0 Å². The topological polar surface area (TPSA) is 115 Å². The summed E-state index contributed by atoms with van der Waals surface area (Å²) in [6.07, 6.45) is 0.930. The largest absolute Gasteiger partial charge is 0.396 e. The number of nitrogen functional groups attached to an aromatic ring is 1. The van der Waals surface area contributed by atoms with Gasteiger partial charge in [-0.25, -0.2) is 0 Å². The lowest BCUT2D eigenvalue weighted by Gasteiger charge is -2.29. The van der Waals surface area contributed by atoms with Crippen molar-refractivity contribution in [1.82, 2.24) is 4.90 Å². The summed E-state index contributed by atoms with van der Waals surface area (Å²) >= 11 is 12.4. The normalized spacial score (nSPS) is 11.9. The number of benzene rings is 3. The number of carbonyl (C=O) groups is 2. The molecule has 34 heavy (non-hydrogen) atoms. The van der Waals surface area contributed by atoms with Crippen LogP contribution in [0.4, 0.5) is 5.69 Å². The third kappa shape index (κ3) is 6.15. The molecule has 0 aromatic heterocycles. The molecular weight excluding hydrogens is 471 g/mol. The van der Waals surface area contributed by atoms with Crippen LogP contribution >= 0.6 is 23.2 Å². The first-order valence-electron chi connectivity index (χ1n) is 11.0. The first-order chi connectivity index (χ1) is 16.3. The lowest BCUT2D eigenvalue weighted by molar-refractivity contribution is -0.147. The summed E-state index contributed by atoms with van der Waals surface area (Å²) in [5.74, 6) is -1.58. The minimum Gasteiger partial charge on any atom is -0.396 e. The van der Waals surface area contributed by atoms with Crippen molar-refractivity contribution < 1.29 is 9.59 Å². The third-order valence-electron chi connectivity index (χ3n) is 5.56. The highest BCUT2D eigenvalue weighted by Crippen LogP contribution is 2.31. The molecule has 0 aliphatic heterocycles. The monoisotopic (exact) mass is 498 g/mol. The number of nitrogens with zero attached hydrogens (tertiary/aromatic N) is 1. The van der Waals surface area contributed by atoms with E-state index in [2.05, 4.69) is 0 Å². The molecule has 0 aliphatic carbocycles. The van der Waals surface area contributed by atoms with Gasteiger partial charge < -0.3 is 17.2 Å². The van der Waals surface area contributed by atoms with E-state index in [0.717, 1.165) is 11.1 Å². The van der Waals surface area contributed by atoms with Crippen LogP contribution in [0.25, 0.3) is 0 Å². The number of carbonyl (C=O) groups excluding carboxylic acids is 2. The van der Waals surface area contributed by atoms with Crippen molar-refractivity contribution in [2.24, 2.45) is 11.5 Å². The Morgan fingerprint density at radius 3 is 1.82 bits per heavy atom. The number of nitrogens with two attached hydrogens (primary N) is 3. The molecule has 8 heteroatoms. The molecule has 0 aliphatic rings. The molecule has 0 radical (unpaired) electrons. The molecule has 0 bridgehead atoms. The van der Waals surface area contributed by atoms with Crippen molar-refractivity contribution in [3.8, 4) is 0 Å². The van der Waals surface area contributed by atoms with Gasteiger partial charge in [-0.05, 0) is 48.2 Å². The van der Waals surface area contributed by atoms with Gasteiger partial charge in [-0.3, -0.25) is 14.5 Å². The molecular formula is C26H28Cl2N4O2. The number of amides is 2. The second-order valence-electron chi connectivity index (χ2n) is 8.03. The van der Waals surface area contributed by atoms with Gasteiger partial charge >= 0.3 is 0 Å². The standard InChI is InChI=1S/C26H28Cl2N4O2/c27-20-14-17(15-21(28)24(20)31)16-32(25(33)22(30)12-7-13-29)26(34)23(18-8-3-1-4-9-18)19-10-5-2-6-11-19/h1-6,8-11,14-15,22-23H,7,12-13,16,29-31H2. The van der Waals surface area contributed by atoms with Gasteiger partial charge in [0, 0.05) is 0 Å². The van der Waals surface area contributed by atoms with Gasteiger partial charge in [0.1, 0.15) is 0 Å². The average Bonchev–Trinajstić information content (AvgIpc) is 2.85. The van der Waals surface area contributed by atoms with Crippen molar-refractivity contribution >= 4 is 40.7 Å². The zero-order valence-corrected chi connectivity index (χ0v) is 20.2. The van der Waals surface area contributed by atoms with Crippen molar-refractivity contribution in [1.29, 1.82) is 0 Å². The summed E-state index contributed by atoms with van der Waals surface area (Å²) in [4.78, 5) is 28.7. The average molecular weight is 499 g/mol. The van der Waals surface area contributed by atoms with Gasteiger partial charge in [0.15, 0.2) is 0 Å². The van der Waals surface area contributed by atoms with Crippen molar-refractivity contribution in [3.05, 3.63) is 99.5 Å². The minimum atomic E-state index is -0.876. The molecule has 0 spiro atoms. The molecule has 2 amide bonds. The molecule has 1 unspecified atom stereocenters. The van der Waals surface area contributed by atoms with E-state index < -0.39 is 23.8 Å². The number of anilines is 1. The van der Waals surface area contributed by atoms with E-state index in [0.29, 0.717) is 24.9 Å². The summed E-state index contributed by atoms with van der Waals surface area (Å²) < 4.78 is 0. The maximum Gasteiger partial charge on any atom is 0.246 e. The number of hydrogen-bond acceptors (Lipinski definition) is 5. The van der Waals surface area contributed by atoms with Crippen molar-refractivity contribution in [2.45, 2.75) is 31.3 Å². The smallest absolute Gasteiger partial charge is 0.246 e. The molecule has 1 atom stereocenters. The van der Waals surface area contributed by atoms with Crippen LogP contribution in [-0.2, 0) is 16.1 Å². The van der Waals surface area contributed by atoms with Gasteiger partial charge in [0.2, 0.25) is 11.8 Å². The number of hydrogen-bond donors (Lipinski definition) is 3. The fraction of sp³-hybridized carbons (Fsp3) is 0.231. The van der Waals surface area contributed by atoms with Crippen LogP contribution in [0.3, 0.4) is 0 Å². The molecule has 0 fully saturated rings. The second-order valence-corrected chi connectivity index (χ2v) is 8.84. The molecule has 6 N–H and O–H groups in total. The zero-order valence-electron chi connectivity index (χ0n) is 18.7. The van der Waals surface area contributed by atoms with E-state index in [-0.39, 0.29) is 22.3 Å². The maximum absolute atomic E-state index is 14.0. The van der Waals surface area contributed by atoms with E-state index in [9.17, 15) is 9.59 Å². The summed E-state index contributed by atoms with van der Waals surface area (Å²) in [6.45, 7) is 0.346. The Morgan fingerprint density at radius 1 is 0.853 bits per heavy atom. The third-order valence-corrected chi connectivity index (χ3v) is 6.19. The summed E-state index contributed by atoms with van der Waals surface area (Å²) in [5, 5.41) is 0.495. The van der Waals surface area contributed by atoms with Crippen LogP contribution in [0.2, 0.25) is 10.0 Å². The van der Waals surface area contributed by atoms with Gasteiger partial charge in [-0.2, -0.15) is 0 Å². The molecule has 178 valence electrons.